The molecule has 0 bridgehead atoms. The molecule has 3 aromatic carbocycles. The van der Waals surface area contributed by atoms with Crippen molar-refractivity contribution in [1.82, 2.24) is 10.5 Å². The van der Waals surface area contributed by atoms with E-state index >= 15 is 0 Å². The SMILES string of the molecule is O=C(O)c1cc(-c2cccc(/C=C/COc3cccc(O)c3C(=O)NCc3ccccc3)c2)on1. The summed E-state index contributed by atoms with van der Waals surface area (Å²) in [5.74, 6) is -1.16. The molecular formula is C27H22N2O6. The van der Waals surface area contributed by atoms with Gasteiger partial charge in [-0.05, 0) is 35.4 Å². The van der Waals surface area contributed by atoms with E-state index in [4.69, 9.17) is 14.4 Å². The summed E-state index contributed by atoms with van der Waals surface area (Å²) in [6.45, 7) is 0.473. The number of nitrogens with one attached hydrogen (secondary N) is 1. The minimum absolute atomic E-state index is 0.0679. The van der Waals surface area contributed by atoms with Crippen LogP contribution in [0.2, 0.25) is 0 Å². The third kappa shape index (κ3) is 5.94. The van der Waals surface area contributed by atoms with Gasteiger partial charge < -0.3 is 24.8 Å². The largest absolute Gasteiger partial charge is 0.507 e. The first kappa shape index (κ1) is 23.3. The summed E-state index contributed by atoms with van der Waals surface area (Å²) in [7, 11) is 0. The molecule has 0 radical (unpaired) electrons. The molecule has 3 N–H and O–H groups in total. The third-order valence-corrected chi connectivity index (χ3v) is 5.07. The number of hydrogen-bond donors (Lipinski definition) is 3. The molecule has 0 aliphatic rings. The number of carbonyl (C=O) groups excluding carboxylic acids is 1. The first-order chi connectivity index (χ1) is 17.0. The molecule has 0 fully saturated rings. The number of benzene rings is 3. The number of phenolic OH excluding ortho intramolecular Hbond substituents is 1. The van der Waals surface area contributed by atoms with Gasteiger partial charge in [-0.25, -0.2) is 4.79 Å². The number of phenols is 1. The molecule has 4 rings (SSSR count). The van der Waals surface area contributed by atoms with Gasteiger partial charge in [0, 0.05) is 18.2 Å². The highest BCUT2D eigenvalue weighted by atomic mass is 16.5. The zero-order chi connectivity index (χ0) is 24.6. The molecule has 1 heterocycles. The van der Waals surface area contributed by atoms with Gasteiger partial charge in [0.25, 0.3) is 5.91 Å². The average molecular weight is 470 g/mol. The summed E-state index contributed by atoms with van der Waals surface area (Å²) in [5.41, 5.74) is 2.35. The number of carboxylic acid groups (broad SMARTS) is 1. The quantitative estimate of drug-likeness (QED) is 0.322. The number of aromatic hydroxyl groups is 1. The number of ether oxygens (including phenoxy) is 1. The van der Waals surface area contributed by atoms with Crippen LogP contribution in [0.15, 0.2) is 89.5 Å². The molecule has 0 aliphatic heterocycles. The van der Waals surface area contributed by atoms with Crippen LogP contribution in [-0.2, 0) is 6.54 Å². The molecule has 176 valence electrons. The normalized spacial score (nSPS) is 10.9. The molecule has 0 spiro atoms. The van der Waals surface area contributed by atoms with Gasteiger partial charge in [-0.2, -0.15) is 0 Å². The molecule has 0 unspecified atom stereocenters. The molecule has 8 heteroatoms. The zero-order valence-electron chi connectivity index (χ0n) is 18.5. The summed E-state index contributed by atoms with van der Waals surface area (Å²) in [6.07, 6.45) is 3.58. The lowest BCUT2D eigenvalue weighted by atomic mass is 10.1. The second-order valence-electron chi connectivity index (χ2n) is 7.54. The Bertz CT molecular complexity index is 1360. The van der Waals surface area contributed by atoms with Crippen LogP contribution in [0, 0.1) is 0 Å². The number of carboxylic acids is 1. The zero-order valence-corrected chi connectivity index (χ0v) is 18.5. The Kier molecular flexibility index (Phi) is 7.22. The average Bonchev–Trinajstić information content (AvgIpc) is 3.37. The van der Waals surface area contributed by atoms with Crippen LogP contribution in [0.5, 0.6) is 11.5 Å². The fourth-order valence-corrected chi connectivity index (χ4v) is 3.36. The Hall–Kier alpha value is -4.85. The van der Waals surface area contributed by atoms with Crippen LogP contribution in [0.1, 0.15) is 32.0 Å². The Balaban J connectivity index is 1.40. The van der Waals surface area contributed by atoms with Gasteiger partial charge in [-0.1, -0.05) is 65.8 Å². The van der Waals surface area contributed by atoms with E-state index in [0.29, 0.717) is 17.9 Å². The van der Waals surface area contributed by atoms with Crippen molar-refractivity contribution in [3.63, 3.8) is 0 Å². The minimum Gasteiger partial charge on any atom is -0.507 e. The number of carbonyl (C=O) groups is 2. The van der Waals surface area contributed by atoms with Gasteiger partial charge in [0.1, 0.15) is 23.7 Å². The maximum absolute atomic E-state index is 12.7. The van der Waals surface area contributed by atoms with Crippen molar-refractivity contribution in [2.45, 2.75) is 6.54 Å². The molecule has 35 heavy (non-hydrogen) atoms. The Morgan fingerprint density at radius 3 is 2.57 bits per heavy atom. The topological polar surface area (TPSA) is 122 Å². The first-order valence-corrected chi connectivity index (χ1v) is 10.7. The van der Waals surface area contributed by atoms with E-state index in [0.717, 1.165) is 11.1 Å². The molecule has 0 atom stereocenters. The van der Waals surface area contributed by atoms with Gasteiger partial charge in [-0.3, -0.25) is 4.79 Å². The predicted molar refractivity (Wildman–Crippen MR) is 129 cm³/mol. The first-order valence-electron chi connectivity index (χ1n) is 10.7. The van der Waals surface area contributed by atoms with Crippen molar-refractivity contribution in [2.75, 3.05) is 6.61 Å². The molecule has 0 aliphatic carbocycles. The van der Waals surface area contributed by atoms with E-state index in [-0.39, 0.29) is 29.4 Å². The molecule has 8 nitrogen and oxygen atoms in total. The lowest BCUT2D eigenvalue weighted by Crippen LogP contribution is -2.23. The molecule has 1 aromatic heterocycles. The monoisotopic (exact) mass is 470 g/mol. The predicted octanol–water partition coefficient (Wildman–Crippen LogP) is 4.77. The molecule has 0 saturated carbocycles. The molecule has 4 aromatic rings. The fraction of sp³-hybridized carbons (Fsp3) is 0.0741. The molecule has 0 saturated heterocycles. The van der Waals surface area contributed by atoms with Crippen LogP contribution in [0.3, 0.4) is 0 Å². The smallest absolute Gasteiger partial charge is 0.358 e. The Labute approximate surface area is 201 Å². The van der Waals surface area contributed by atoms with Gasteiger partial charge in [0.15, 0.2) is 11.5 Å². The van der Waals surface area contributed by atoms with Crippen LogP contribution in [0.4, 0.5) is 0 Å². The third-order valence-electron chi connectivity index (χ3n) is 5.07. The Morgan fingerprint density at radius 1 is 1.00 bits per heavy atom. The Morgan fingerprint density at radius 2 is 1.80 bits per heavy atom. The maximum Gasteiger partial charge on any atom is 0.358 e. The lowest BCUT2D eigenvalue weighted by Gasteiger charge is -2.12. The van der Waals surface area contributed by atoms with Gasteiger partial charge in [-0.15, -0.1) is 0 Å². The van der Waals surface area contributed by atoms with Gasteiger partial charge in [0.2, 0.25) is 0 Å². The van der Waals surface area contributed by atoms with Crippen molar-refractivity contribution in [3.05, 3.63) is 107 Å². The number of nitrogens with zero attached hydrogens (tertiary/aromatic N) is 1. The second-order valence-corrected chi connectivity index (χ2v) is 7.54. The number of aromatic nitrogens is 1. The van der Waals surface area contributed by atoms with E-state index in [1.54, 1.807) is 24.3 Å². The second kappa shape index (κ2) is 10.8. The van der Waals surface area contributed by atoms with Crippen LogP contribution < -0.4 is 10.1 Å². The van der Waals surface area contributed by atoms with Crippen LogP contribution >= 0.6 is 0 Å². The van der Waals surface area contributed by atoms with Crippen molar-refractivity contribution in [3.8, 4) is 22.8 Å². The summed E-state index contributed by atoms with van der Waals surface area (Å²) >= 11 is 0. The maximum atomic E-state index is 12.7. The number of aromatic carboxylic acids is 1. The highest BCUT2D eigenvalue weighted by molar-refractivity contribution is 5.99. The van der Waals surface area contributed by atoms with Crippen LogP contribution in [0.25, 0.3) is 17.4 Å². The lowest BCUT2D eigenvalue weighted by molar-refractivity contribution is 0.0685. The fourth-order valence-electron chi connectivity index (χ4n) is 3.36. The van der Waals surface area contributed by atoms with E-state index in [9.17, 15) is 14.7 Å². The van der Waals surface area contributed by atoms with E-state index < -0.39 is 11.9 Å². The molecular weight excluding hydrogens is 448 g/mol. The van der Waals surface area contributed by atoms with Crippen molar-refractivity contribution < 1.29 is 29.1 Å². The minimum atomic E-state index is -1.16. The number of rotatable bonds is 9. The number of amides is 1. The van der Waals surface area contributed by atoms with Crippen molar-refractivity contribution in [1.29, 1.82) is 0 Å². The summed E-state index contributed by atoms with van der Waals surface area (Å²) < 4.78 is 10.9. The van der Waals surface area contributed by atoms with Gasteiger partial charge >= 0.3 is 5.97 Å². The summed E-state index contributed by atoms with van der Waals surface area (Å²) in [4.78, 5) is 23.7. The highest BCUT2D eigenvalue weighted by Crippen LogP contribution is 2.28. The molecule has 1 amide bonds. The number of hydrogen-bond acceptors (Lipinski definition) is 6. The highest BCUT2D eigenvalue weighted by Gasteiger charge is 2.17. The van der Waals surface area contributed by atoms with E-state index in [2.05, 4.69) is 10.5 Å². The van der Waals surface area contributed by atoms with Crippen molar-refractivity contribution >= 4 is 18.0 Å². The van der Waals surface area contributed by atoms with E-state index in [1.807, 2.05) is 54.6 Å². The van der Waals surface area contributed by atoms with Crippen LogP contribution in [-0.4, -0.2) is 33.9 Å². The van der Waals surface area contributed by atoms with E-state index in [1.165, 1.54) is 12.1 Å². The standard InChI is InChI=1S/C27H22N2O6/c30-22-12-5-13-23(25(22)26(31)28-17-19-7-2-1-3-8-19)34-14-6-10-18-9-4-11-20(15-18)24-16-21(27(32)33)29-35-24/h1-13,15-16,30H,14,17H2,(H,28,31)(H,32,33)/b10-6+. The summed E-state index contributed by atoms with van der Waals surface area (Å²) in [5, 5.41) is 25.6. The summed E-state index contributed by atoms with van der Waals surface area (Å²) in [6, 6.07) is 22.8. The van der Waals surface area contributed by atoms with Crippen molar-refractivity contribution in [2.24, 2.45) is 0 Å². The van der Waals surface area contributed by atoms with Gasteiger partial charge in [0.05, 0.1) is 0 Å².